The first-order chi connectivity index (χ1) is 9.24. The second-order valence-corrected chi connectivity index (χ2v) is 5.04. The third kappa shape index (κ3) is 2.44. The number of carbonyl (C=O) groups excluding carboxylic acids is 1. The Morgan fingerprint density at radius 2 is 2.11 bits per heavy atom. The fourth-order valence-electron chi connectivity index (χ4n) is 2.54. The van der Waals surface area contributed by atoms with E-state index in [2.05, 4.69) is 4.98 Å². The van der Waals surface area contributed by atoms with Crippen molar-refractivity contribution in [1.82, 2.24) is 9.88 Å². The molecule has 1 aliphatic heterocycles. The normalized spacial score (nSPS) is 19.6. The molecule has 4 heteroatoms. The van der Waals surface area contributed by atoms with Crippen molar-refractivity contribution in [2.75, 3.05) is 13.1 Å². The smallest absolute Gasteiger partial charge is 0.272 e. The molecular weight excluding hydrogens is 238 g/mol. The molecule has 1 fully saturated rings. The molecule has 0 aliphatic carbocycles. The Kier molecular flexibility index (Phi) is 3.17. The van der Waals surface area contributed by atoms with Crippen LogP contribution in [0.15, 0.2) is 36.4 Å². The monoisotopic (exact) mass is 255 g/mol. The molecule has 0 radical (unpaired) electrons. The van der Waals surface area contributed by atoms with Crippen molar-refractivity contribution >= 4 is 16.8 Å². The summed E-state index contributed by atoms with van der Waals surface area (Å²) in [6, 6.07) is 11.7. The van der Waals surface area contributed by atoms with Gasteiger partial charge in [-0.15, -0.1) is 0 Å². The number of nitrogens with zero attached hydrogens (tertiary/aromatic N) is 2. The second-order valence-electron chi connectivity index (χ2n) is 5.04. The summed E-state index contributed by atoms with van der Waals surface area (Å²) in [4.78, 5) is 18.7. The Hall–Kier alpha value is -1.94. The Morgan fingerprint density at radius 1 is 1.26 bits per heavy atom. The third-order valence-corrected chi connectivity index (χ3v) is 3.56. The highest BCUT2D eigenvalue weighted by Gasteiger charge is 2.23. The van der Waals surface area contributed by atoms with E-state index < -0.39 is 0 Å². The lowest BCUT2D eigenvalue weighted by Crippen LogP contribution is -2.45. The Balaban J connectivity index is 1.88. The maximum absolute atomic E-state index is 12.4. The standard InChI is InChI=1S/C15H17N3O/c16-12-5-3-9-18(10-12)15(19)14-8-7-11-4-1-2-6-13(11)17-14/h1-2,4,6-8,12H,3,5,9-10,16H2/t12-/m1/s1. The van der Waals surface area contributed by atoms with Gasteiger partial charge in [-0.2, -0.15) is 0 Å². The van der Waals surface area contributed by atoms with Gasteiger partial charge in [-0.05, 0) is 25.0 Å². The highest BCUT2D eigenvalue weighted by molar-refractivity contribution is 5.95. The predicted octanol–water partition coefficient (Wildman–Crippen LogP) is 1.80. The van der Waals surface area contributed by atoms with Crippen LogP contribution in [0, 0.1) is 0 Å². The maximum Gasteiger partial charge on any atom is 0.272 e. The topological polar surface area (TPSA) is 59.2 Å². The molecule has 3 rings (SSSR count). The molecule has 1 aliphatic rings. The van der Waals surface area contributed by atoms with Crippen LogP contribution in [0.2, 0.25) is 0 Å². The van der Waals surface area contributed by atoms with E-state index in [4.69, 9.17) is 5.73 Å². The number of nitrogens with two attached hydrogens (primary N) is 1. The maximum atomic E-state index is 12.4. The molecule has 1 saturated heterocycles. The zero-order valence-corrected chi connectivity index (χ0v) is 10.7. The molecule has 1 aromatic heterocycles. The van der Waals surface area contributed by atoms with Gasteiger partial charge < -0.3 is 10.6 Å². The van der Waals surface area contributed by atoms with Gasteiger partial charge in [0.05, 0.1) is 5.52 Å². The zero-order chi connectivity index (χ0) is 13.2. The average Bonchev–Trinajstić information content (AvgIpc) is 2.46. The molecule has 1 amide bonds. The van der Waals surface area contributed by atoms with Crippen molar-refractivity contribution in [2.24, 2.45) is 5.73 Å². The van der Waals surface area contributed by atoms with Crippen LogP contribution in [-0.2, 0) is 0 Å². The number of benzene rings is 1. The number of pyridine rings is 1. The molecule has 1 aromatic carbocycles. The number of aromatic nitrogens is 1. The van der Waals surface area contributed by atoms with Gasteiger partial charge in [0, 0.05) is 24.5 Å². The fraction of sp³-hybridized carbons (Fsp3) is 0.333. The van der Waals surface area contributed by atoms with E-state index >= 15 is 0 Å². The van der Waals surface area contributed by atoms with Gasteiger partial charge in [-0.1, -0.05) is 24.3 Å². The van der Waals surface area contributed by atoms with E-state index in [1.54, 1.807) is 6.07 Å². The van der Waals surface area contributed by atoms with Crippen molar-refractivity contribution in [3.05, 3.63) is 42.1 Å². The number of likely N-dealkylation sites (tertiary alicyclic amines) is 1. The van der Waals surface area contributed by atoms with E-state index in [1.165, 1.54) is 0 Å². The van der Waals surface area contributed by atoms with Gasteiger partial charge in [-0.25, -0.2) is 4.98 Å². The number of piperidine rings is 1. The van der Waals surface area contributed by atoms with E-state index in [1.807, 2.05) is 35.2 Å². The van der Waals surface area contributed by atoms with Crippen LogP contribution in [0.25, 0.3) is 10.9 Å². The minimum Gasteiger partial charge on any atom is -0.336 e. The van der Waals surface area contributed by atoms with E-state index in [0.717, 1.165) is 30.3 Å². The number of hydrogen-bond acceptors (Lipinski definition) is 3. The quantitative estimate of drug-likeness (QED) is 0.845. The first-order valence-electron chi connectivity index (χ1n) is 6.65. The molecular formula is C15H17N3O. The minimum atomic E-state index is -0.0131. The molecule has 0 unspecified atom stereocenters. The van der Waals surface area contributed by atoms with Crippen LogP contribution in [0.3, 0.4) is 0 Å². The lowest BCUT2D eigenvalue weighted by atomic mass is 10.1. The van der Waals surface area contributed by atoms with Crippen LogP contribution < -0.4 is 5.73 Å². The highest BCUT2D eigenvalue weighted by atomic mass is 16.2. The summed E-state index contributed by atoms with van der Waals surface area (Å²) in [7, 11) is 0. The van der Waals surface area contributed by atoms with Gasteiger partial charge in [0.2, 0.25) is 0 Å². The number of amides is 1. The zero-order valence-electron chi connectivity index (χ0n) is 10.7. The summed E-state index contributed by atoms with van der Waals surface area (Å²) in [6.45, 7) is 1.41. The average molecular weight is 255 g/mol. The molecule has 19 heavy (non-hydrogen) atoms. The molecule has 0 saturated carbocycles. The largest absolute Gasteiger partial charge is 0.336 e. The molecule has 4 nitrogen and oxygen atoms in total. The molecule has 98 valence electrons. The molecule has 2 heterocycles. The number of fused-ring (bicyclic) bond motifs is 1. The molecule has 2 aromatic rings. The van der Waals surface area contributed by atoms with E-state index in [-0.39, 0.29) is 11.9 Å². The number of para-hydroxylation sites is 1. The van der Waals surface area contributed by atoms with Crippen molar-refractivity contribution in [2.45, 2.75) is 18.9 Å². The van der Waals surface area contributed by atoms with Gasteiger partial charge in [0.25, 0.3) is 5.91 Å². The summed E-state index contributed by atoms with van der Waals surface area (Å²) >= 11 is 0. The predicted molar refractivity (Wildman–Crippen MR) is 74.9 cm³/mol. The number of rotatable bonds is 1. The summed E-state index contributed by atoms with van der Waals surface area (Å²) in [6.07, 6.45) is 1.97. The van der Waals surface area contributed by atoms with Crippen LogP contribution in [0.1, 0.15) is 23.3 Å². The summed E-state index contributed by atoms with van der Waals surface area (Å²) in [5.74, 6) is -0.0131. The Morgan fingerprint density at radius 3 is 2.95 bits per heavy atom. The first-order valence-corrected chi connectivity index (χ1v) is 6.65. The van der Waals surface area contributed by atoms with Gasteiger partial charge in [-0.3, -0.25) is 4.79 Å². The summed E-state index contributed by atoms with van der Waals surface area (Å²) < 4.78 is 0. The van der Waals surface area contributed by atoms with Gasteiger partial charge in [0.1, 0.15) is 5.69 Å². The lowest BCUT2D eigenvalue weighted by molar-refractivity contribution is 0.0703. The fourth-order valence-corrected chi connectivity index (χ4v) is 2.54. The van der Waals surface area contributed by atoms with Gasteiger partial charge >= 0.3 is 0 Å². The van der Waals surface area contributed by atoms with E-state index in [0.29, 0.717) is 12.2 Å². The van der Waals surface area contributed by atoms with Crippen LogP contribution >= 0.6 is 0 Å². The minimum absolute atomic E-state index is 0.0131. The summed E-state index contributed by atoms with van der Waals surface area (Å²) in [5, 5.41) is 1.05. The molecule has 2 N–H and O–H groups in total. The van der Waals surface area contributed by atoms with Crippen molar-refractivity contribution < 1.29 is 4.79 Å². The second kappa shape index (κ2) is 4.97. The summed E-state index contributed by atoms with van der Waals surface area (Å²) in [5.41, 5.74) is 7.28. The van der Waals surface area contributed by atoms with Crippen molar-refractivity contribution in [1.29, 1.82) is 0 Å². The lowest BCUT2D eigenvalue weighted by Gasteiger charge is -2.30. The number of carbonyl (C=O) groups is 1. The van der Waals surface area contributed by atoms with Crippen molar-refractivity contribution in [3.8, 4) is 0 Å². The Labute approximate surface area is 112 Å². The van der Waals surface area contributed by atoms with E-state index in [9.17, 15) is 4.79 Å². The van der Waals surface area contributed by atoms with Crippen LogP contribution in [0.5, 0.6) is 0 Å². The van der Waals surface area contributed by atoms with Gasteiger partial charge in [0.15, 0.2) is 0 Å². The molecule has 0 spiro atoms. The van der Waals surface area contributed by atoms with Crippen molar-refractivity contribution in [3.63, 3.8) is 0 Å². The number of hydrogen-bond donors (Lipinski definition) is 1. The highest BCUT2D eigenvalue weighted by Crippen LogP contribution is 2.15. The van der Waals surface area contributed by atoms with Crippen LogP contribution in [-0.4, -0.2) is 34.9 Å². The Bertz CT molecular complexity index is 611. The molecule has 1 atom stereocenters. The van der Waals surface area contributed by atoms with Crippen LogP contribution in [0.4, 0.5) is 0 Å². The first kappa shape index (κ1) is 12.1. The molecule has 0 bridgehead atoms. The SMILES string of the molecule is N[C@@H]1CCCN(C(=O)c2ccc3ccccc3n2)C1. The third-order valence-electron chi connectivity index (χ3n) is 3.56.